The van der Waals surface area contributed by atoms with Gasteiger partial charge < -0.3 is 10.3 Å². The molecule has 1 aliphatic carbocycles. The average molecular weight is 226 g/mol. The molecule has 2 heteroatoms. The second-order valence-corrected chi connectivity index (χ2v) is 4.91. The Kier molecular flexibility index (Phi) is 2.43. The van der Waals surface area contributed by atoms with Crippen LogP contribution >= 0.6 is 0 Å². The number of fused-ring (bicyclic) bond motifs is 1. The molecular formula is C15H18N2. The number of nitrogens with zero attached hydrogens (tertiary/aromatic N) is 1. The van der Waals surface area contributed by atoms with Crippen molar-refractivity contribution >= 4 is 22.2 Å². The first kappa shape index (κ1) is 10.5. The first-order chi connectivity index (χ1) is 8.25. The topological polar surface area (TPSA) is 30.9 Å². The van der Waals surface area contributed by atoms with E-state index in [2.05, 4.69) is 36.0 Å². The van der Waals surface area contributed by atoms with Gasteiger partial charge in [-0.05, 0) is 43.4 Å². The van der Waals surface area contributed by atoms with Crippen molar-refractivity contribution in [3.8, 4) is 0 Å². The second-order valence-electron chi connectivity index (χ2n) is 4.91. The van der Waals surface area contributed by atoms with Crippen LogP contribution in [-0.2, 0) is 7.05 Å². The number of hydrogen-bond donors (Lipinski definition) is 1. The maximum absolute atomic E-state index is 5.85. The number of nitrogen functional groups attached to an aromatic ring is 1. The first-order valence-electron chi connectivity index (χ1n) is 6.29. The number of aromatic nitrogens is 1. The van der Waals surface area contributed by atoms with Crippen LogP contribution in [0, 0.1) is 0 Å². The van der Waals surface area contributed by atoms with Gasteiger partial charge in [-0.1, -0.05) is 12.1 Å². The third-order valence-electron chi connectivity index (χ3n) is 3.65. The average Bonchev–Trinajstić information content (AvgIpc) is 2.68. The highest BCUT2D eigenvalue weighted by Crippen LogP contribution is 2.33. The Labute approximate surface area is 102 Å². The van der Waals surface area contributed by atoms with Crippen molar-refractivity contribution in [1.29, 1.82) is 0 Å². The van der Waals surface area contributed by atoms with Crippen LogP contribution in [-0.4, -0.2) is 4.57 Å². The molecule has 0 saturated carbocycles. The van der Waals surface area contributed by atoms with Gasteiger partial charge in [0.25, 0.3) is 0 Å². The summed E-state index contributed by atoms with van der Waals surface area (Å²) in [5.41, 5.74) is 10.8. The zero-order chi connectivity index (χ0) is 11.8. The lowest BCUT2D eigenvalue weighted by Gasteiger charge is -2.11. The first-order valence-corrected chi connectivity index (χ1v) is 6.29. The monoisotopic (exact) mass is 226 g/mol. The third kappa shape index (κ3) is 1.74. The Morgan fingerprint density at radius 1 is 1.24 bits per heavy atom. The van der Waals surface area contributed by atoms with Crippen LogP contribution < -0.4 is 5.73 Å². The molecule has 2 N–H and O–H groups in total. The summed E-state index contributed by atoms with van der Waals surface area (Å²) in [6.45, 7) is 0. The summed E-state index contributed by atoms with van der Waals surface area (Å²) in [6, 6.07) is 6.20. The van der Waals surface area contributed by atoms with Crippen LogP contribution in [0.15, 0.2) is 30.5 Å². The van der Waals surface area contributed by atoms with Crippen LogP contribution in [0.1, 0.15) is 31.2 Å². The van der Waals surface area contributed by atoms with Gasteiger partial charge in [-0.2, -0.15) is 0 Å². The van der Waals surface area contributed by atoms with E-state index in [1.807, 2.05) is 6.07 Å². The largest absolute Gasteiger partial charge is 0.399 e. The highest BCUT2D eigenvalue weighted by molar-refractivity contribution is 5.94. The number of nitrogens with two attached hydrogens (primary N) is 1. The van der Waals surface area contributed by atoms with E-state index in [1.165, 1.54) is 47.7 Å². The molecule has 0 fully saturated rings. The molecule has 2 aromatic rings. The summed E-state index contributed by atoms with van der Waals surface area (Å²) >= 11 is 0. The summed E-state index contributed by atoms with van der Waals surface area (Å²) in [5, 5.41) is 1.33. The van der Waals surface area contributed by atoms with Crippen LogP contribution in [0.2, 0.25) is 0 Å². The van der Waals surface area contributed by atoms with Crippen molar-refractivity contribution in [3.05, 3.63) is 36.0 Å². The van der Waals surface area contributed by atoms with E-state index in [-0.39, 0.29) is 0 Å². The summed E-state index contributed by atoms with van der Waals surface area (Å²) in [6.07, 6.45) is 9.72. The Morgan fingerprint density at radius 3 is 2.88 bits per heavy atom. The number of benzene rings is 1. The van der Waals surface area contributed by atoms with Gasteiger partial charge in [-0.15, -0.1) is 0 Å². The predicted octanol–water partition coefficient (Wildman–Crippen LogP) is 3.72. The van der Waals surface area contributed by atoms with Crippen molar-refractivity contribution in [2.24, 2.45) is 7.05 Å². The van der Waals surface area contributed by atoms with E-state index in [0.29, 0.717) is 0 Å². The van der Waals surface area contributed by atoms with E-state index >= 15 is 0 Å². The van der Waals surface area contributed by atoms with E-state index < -0.39 is 0 Å². The molecule has 0 saturated heterocycles. The number of allylic oxidation sites excluding steroid dienone is 2. The highest BCUT2D eigenvalue weighted by Gasteiger charge is 2.12. The number of aryl methyl sites for hydroxylation is 1. The predicted molar refractivity (Wildman–Crippen MR) is 73.8 cm³/mol. The van der Waals surface area contributed by atoms with Gasteiger partial charge >= 0.3 is 0 Å². The SMILES string of the molecule is Cn1cc(C2=CCCCC2)c2ccc(N)cc21. The lowest BCUT2D eigenvalue weighted by molar-refractivity contribution is 0.742. The zero-order valence-electron chi connectivity index (χ0n) is 10.2. The van der Waals surface area contributed by atoms with Gasteiger partial charge in [0.15, 0.2) is 0 Å². The quantitative estimate of drug-likeness (QED) is 0.738. The van der Waals surface area contributed by atoms with Crippen molar-refractivity contribution in [1.82, 2.24) is 4.57 Å². The molecule has 1 aromatic heterocycles. The lowest BCUT2D eigenvalue weighted by Crippen LogP contribution is -1.90. The minimum atomic E-state index is 0.836. The van der Waals surface area contributed by atoms with Gasteiger partial charge in [-0.3, -0.25) is 0 Å². The van der Waals surface area contributed by atoms with Gasteiger partial charge in [0.2, 0.25) is 0 Å². The molecule has 1 aliphatic rings. The number of hydrogen-bond acceptors (Lipinski definition) is 1. The van der Waals surface area contributed by atoms with Crippen molar-refractivity contribution < 1.29 is 0 Å². The Balaban J connectivity index is 2.20. The van der Waals surface area contributed by atoms with Crippen LogP contribution in [0.5, 0.6) is 0 Å². The smallest absolute Gasteiger partial charge is 0.0504 e. The molecule has 0 bridgehead atoms. The fourth-order valence-electron chi connectivity index (χ4n) is 2.74. The summed E-state index contributed by atoms with van der Waals surface area (Å²) in [7, 11) is 2.09. The molecule has 0 radical (unpaired) electrons. The number of anilines is 1. The van der Waals surface area contributed by atoms with Gasteiger partial charge in [0.1, 0.15) is 0 Å². The molecule has 1 heterocycles. The number of rotatable bonds is 1. The Hall–Kier alpha value is -1.70. The molecule has 0 amide bonds. The van der Waals surface area contributed by atoms with E-state index in [0.717, 1.165) is 5.69 Å². The molecule has 88 valence electrons. The van der Waals surface area contributed by atoms with Crippen molar-refractivity contribution in [2.75, 3.05) is 5.73 Å². The van der Waals surface area contributed by atoms with E-state index in [4.69, 9.17) is 5.73 Å². The summed E-state index contributed by atoms with van der Waals surface area (Å²) in [4.78, 5) is 0. The normalized spacial score (nSPS) is 16.2. The fraction of sp³-hybridized carbons (Fsp3) is 0.333. The molecule has 0 spiro atoms. The molecule has 2 nitrogen and oxygen atoms in total. The van der Waals surface area contributed by atoms with Gasteiger partial charge in [-0.25, -0.2) is 0 Å². The van der Waals surface area contributed by atoms with Crippen LogP contribution in [0.4, 0.5) is 5.69 Å². The fourth-order valence-corrected chi connectivity index (χ4v) is 2.74. The molecule has 3 rings (SSSR count). The lowest BCUT2D eigenvalue weighted by atomic mass is 9.93. The standard InChI is InChI=1S/C15H18N2/c1-17-10-14(11-5-3-2-4-6-11)13-8-7-12(16)9-15(13)17/h5,7-10H,2-4,6,16H2,1H3. The summed E-state index contributed by atoms with van der Waals surface area (Å²) < 4.78 is 2.18. The highest BCUT2D eigenvalue weighted by atomic mass is 14.9. The van der Waals surface area contributed by atoms with E-state index in [9.17, 15) is 0 Å². The Bertz CT molecular complexity index is 590. The molecule has 0 aliphatic heterocycles. The van der Waals surface area contributed by atoms with Gasteiger partial charge in [0.05, 0.1) is 5.52 Å². The van der Waals surface area contributed by atoms with Crippen molar-refractivity contribution in [2.45, 2.75) is 25.7 Å². The second kappa shape index (κ2) is 3.95. The molecule has 1 aromatic carbocycles. The van der Waals surface area contributed by atoms with Crippen molar-refractivity contribution in [3.63, 3.8) is 0 Å². The summed E-state index contributed by atoms with van der Waals surface area (Å²) in [5.74, 6) is 0. The zero-order valence-corrected chi connectivity index (χ0v) is 10.2. The third-order valence-corrected chi connectivity index (χ3v) is 3.65. The molecular weight excluding hydrogens is 208 g/mol. The Morgan fingerprint density at radius 2 is 2.12 bits per heavy atom. The van der Waals surface area contributed by atoms with Gasteiger partial charge in [0, 0.05) is 29.9 Å². The maximum atomic E-state index is 5.85. The maximum Gasteiger partial charge on any atom is 0.0504 e. The van der Waals surface area contributed by atoms with Crippen LogP contribution in [0.25, 0.3) is 16.5 Å². The minimum Gasteiger partial charge on any atom is -0.399 e. The minimum absolute atomic E-state index is 0.836. The molecule has 0 unspecified atom stereocenters. The van der Waals surface area contributed by atoms with Crippen LogP contribution in [0.3, 0.4) is 0 Å². The molecule has 0 atom stereocenters. The van der Waals surface area contributed by atoms with E-state index in [1.54, 1.807) is 0 Å². The molecule has 17 heavy (non-hydrogen) atoms.